The van der Waals surface area contributed by atoms with Gasteiger partial charge in [0.25, 0.3) is 0 Å². The van der Waals surface area contributed by atoms with E-state index in [-0.39, 0.29) is 29.8 Å². The Morgan fingerprint density at radius 3 is 2.63 bits per heavy atom. The minimum absolute atomic E-state index is 0.231. The molecule has 1 amide bonds. The Morgan fingerprint density at radius 1 is 1.47 bits per heavy atom. The van der Waals surface area contributed by atoms with Gasteiger partial charge in [0.2, 0.25) is 0 Å². The van der Waals surface area contributed by atoms with Crippen molar-refractivity contribution in [3.8, 4) is 0 Å². The van der Waals surface area contributed by atoms with E-state index >= 15 is 0 Å². The molecule has 6 heteroatoms. The smallest absolute Gasteiger partial charge is 0.411 e. The Morgan fingerprint density at radius 2 is 2.16 bits per heavy atom. The number of ether oxygens (including phenoxy) is 3. The Hall–Kier alpha value is -1.30. The van der Waals surface area contributed by atoms with Gasteiger partial charge < -0.3 is 14.2 Å². The summed E-state index contributed by atoms with van der Waals surface area (Å²) >= 11 is 0. The number of carbonyl (C=O) groups is 2. The third kappa shape index (κ3) is 1.46. The zero-order valence-corrected chi connectivity index (χ0v) is 11.6. The number of nitrogens with zero attached hydrogens (tertiary/aromatic N) is 1. The number of carbonyl (C=O) groups excluding carboxylic acids is 2. The average molecular weight is 269 g/mol. The molecule has 1 aliphatic carbocycles. The first-order valence-corrected chi connectivity index (χ1v) is 6.53. The molecule has 106 valence electrons. The van der Waals surface area contributed by atoms with Gasteiger partial charge >= 0.3 is 12.1 Å². The molecular weight excluding hydrogens is 250 g/mol. The minimum Gasteiger partial charge on any atom is -0.465 e. The van der Waals surface area contributed by atoms with Crippen LogP contribution in [0.3, 0.4) is 0 Å². The van der Waals surface area contributed by atoms with Crippen LogP contribution < -0.4 is 0 Å². The van der Waals surface area contributed by atoms with Crippen LogP contribution in [0.4, 0.5) is 4.79 Å². The molecule has 2 aliphatic heterocycles. The van der Waals surface area contributed by atoms with Gasteiger partial charge in [0.15, 0.2) is 0 Å². The Balaban J connectivity index is 1.91. The molecule has 1 saturated carbocycles. The molecule has 1 spiro atoms. The molecule has 3 aliphatic rings. The van der Waals surface area contributed by atoms with E-state index in [9.17, 15) is 9.59 Å². The molecule has 3 fully saturated rings. The molecule has 0 aromatic heterocycles. The maximum Gasteiger partial charge on any atom is 0.411 e. The van der Waals surface area contributed by atoms with Gasteiger partial charge in [-0.15, -0.1) is 0 Å². The standard InChI is InChI=1S/C13H19NO5/c1-12(2,3)9-14(11(16)17-4)7-8(19-9)13(7)5-6-18-10(13)15/h7-9H,5-6H2,1-4H3/t7-,8+,9-,13-/m1/s1. The maximum absolute atomic E-state index is 12.0. The van der Waals surface area contributed by atoms with Crippen molar-refractivity contribution >= 4 is 12.1 Å². The van der Waals surface area contributed by atoms with Crippen LogP contribution in [0.15, 0.2) is 0 Å². The van der Waals surface area contributed by atoms with Crippen LogP contribution in [0.5, 0.6) is 0 Å². The van der Waals surface area contributed by atoms with Crippen molar-refractivity contribution in [1.29, 1.82) is 0 Å². The first kappa shape index (κ1) is 12.7. The van der Waals surface area contributed by atoms with E-state index in [0.29, 0.717) is 13.0 Å². The van der Waals surface area contributed by atoms with E-state index in [1.165, 1.54) is 7.11 Å². The summed E-state index contributed by atoms with van der Waals surface area (Å²) in [4.78, 5) is 25.5. The van der Waals surface area contributed by atoms with Crippen molar-refractivity contribution in [3.05, 3.63) is 0 Å². The fourth-order valence-electron chi connectivity index (χ4n) is 3.34. The van der Waals surface area contributed by atoms with Crippen LogP contribution in [0, 0.1) is 10.8 Å². The molecular formula is C13H19NO5. The predicted molar refractivity (Wildman–Crippen MR) is 64.2 cm³/mol. The number of fused-ring (bicyclic) bond motifs is 3. The van der Waals surface area contributed by atoms with Crippen molar-refractivity contribution in [3.63, 3.8) is 0 Å². The Bertz CT molecular complexity index is 443. The maximum atomic E-state index is 12.0. The molecule has 0 radical (unpaired) electrons. The SMILES string of the molecule is COC(=O)N1[C@@H](C(C)(C)C)O[C@H]2[C@@H]1[C@]21CCOC1=O. The first-order chi connectivity index (χ1) is 8.84. The van der Waals surface area contributed by atoms with Gasteiger partial charge in [0.05, 0.1) is 19.8 Å². The van der Waals surface area contributed by atoms with Crippen molar-refractivity contribution in [2.45, 2.75) is 45.6 Å². The van der Waals surface area contributed by atoms with E-state index in [4.69, 9.17) is 14.2 Å². The van der Waals surface area contributed by atoms with E-state index in [1.54, 1.807) is 4.90 Å². The Kier molecular flexibility index (Phi) is 2.43. The summed E-state index contributed by atoms with van der Waals surface area (Å²) in [6, 6.07) is -0.237. The summed E-state index contributed by atoms with van der Waals surface area (Å²) in [5.74, 6) is -0.247. The largest absolute Gasteiger partial charge is 0.465 e. The molecule has 0 aromatic rings. The summed E-state index contributed by atoms with van der Waals surface area (Å²) in [5, 5.41) is 0. The van der Waals surface area contributed by atoms with Crippen LogP contribution in [-0.2, 0) is 19.0 Å². The van der Waals surface area contributed by atoms with Crippen molar-refractivity contribution < 1.29 is 23.8 Å². The predicted octanol–water partition coefficient (Wildman–Crippen LogP) is 1.14. The molecule has 3 rings (SSSR count). The number of amides is 1. The zero-order chi connectivity index (χ0) is 14.0. The minimum atomic E-state index is -0.643. The average Bonchev–Trinajstić information content (AvgIpc) is 2.64. The summed E-state index contributed by atoms with van der Waals surface area (Å²) < 4.78 is 15.9. The van der Waals surface area contributed by atoms with E-state index < -0.39 is 11.5 Å². The van der Waals surface area contributed by atoms with Gasteiger partial charge in [-0.05, 0) is 0 Å². The molecule has 2 saturated heterocycles. The second-order valence-electron chi connectivity index (χ2n) is 6.52. The second-order valence-corrected chi connectivity index (χ2v) is 6.52. The topological polar surface area (TPSA) is 65.1 Å². The lowest BCUT2D eigenvalue weighted by Crippen LogP contribution is -2.49. The summed E-state index contributed by atoms with van der Waals surface area (Å²) in [7, 11) is 1.34. The highest BCUT2D eigenvalue weighted by Crippen LogP contribution is 2.63. The third-order valence-electron chi connectivity index (χ3n) is 4.30. The number of hydrogen-bond donors (Lipinski definition) is 0. The van der Waals surface area contributed by atoms with Crippen LogP contribution in [0.2, 0.25) is 0 Å². The molecule has 0 bridgehead atoms. The number of cyclic esters (lactones) is 1. The summed E-state index contributed by atoms with van der Waals surface area (Å²) in [5.41, 5.74) is -0.874. The summed E-state index contributed by atoms with van der Waals surface area (Å²) in [6.45, 7) is 6.40. The second kappa shape index (κ2) is 3.62. The van der Waals surface area contributed by atoms with Gasteiger partial charge in [-0.2, -0.15) is 0 Å². The summed E-state index contributed by atoms with van der Waals surface area (Å²) in [6.07, 6.45) is -0.435. The quantitative estimate of drug-likeness (QED) is 0.617. The highest BCUT2D eigenvalue weighted by molar-refractivity contribution is 5.87. The lowest BCUT2D eigenvalue weighted by Gasteiger charge is -2.36. The molecule has 0 unspecified atom stereocenters. The fraction of sp³-hybridized carbons (Fsp3) is 0.846. The third-order valence-corrected chi connectivity index (χ3v) is 4.30. The molecule has 19 heavy (non-hydrogen) atoms. The monoisotopic (exact) mass is 269 g/mol. The van der Waals surface area contributed by atoms with E-state index in [1.807, 2.05) is 20.8 Å². The van der Waals surface area contributed by atoms with Crippen molar-refractivity contribution in [1.82, 2.24) is 4.90 Å². The van der Waals surface area contributed by atoms with Gasteiger partial charge in [-0.3, -0.25) is 9.69 Å². The van der Waals surface area contributed by atoms with Crippen LogP contribution in [0.1, 0.15) is 27.2 Å². The van der Waals surface area contributed by atoms with Crippen molar-refractivity contribution in [2.24, 2.45) is 10.8 Å². The highest BCUT2D eigenvalue weighted by atomic mass is 16.6. The Labute approximate surface area is 112 Å². The fourth-order valence-corrected chi connectivity index (χ4v) is 3.34. The lowest BCUT2D eigenvalue weighted by molar-refractivity contribution is -0.150. The number of hydrogen-bond acceptors (Lipinski definition) is 5. The first-order valence-electron chi connectivity index (χ1n) is 6.53. The molecule has 4 atom stereocenters. The normalized spacial score (nSPS) is 40.3. The van der Waals surface area contributed by atoms with Gasteiger partial charge in [-0.1, -0.05) is 20.8 Å². The lowest BCUT2D eigenvalue weighted by atomic mass is 9.92. The molecule has 6 nitrogen and oxygen atoms in total. The number of rotatable bonds is 0. The van der Waals surface area contributed by atoms with Gasteiger partial charge in [-0.25, -0.2) is 4.79 Å². The van der Waals surface area contributed by atoms with Crippen LogP contribution >= 0.6 is 0 Å². The van der Waals surface area contributed by atoms with E-state index in [2.05, 4.69) is 0 Å². The molecule has 0 aromatic carbocycles. The van der Waals surface area contributed by atoms with E-state index in [0.717, 1.165) is 0 Å². The van der Waals surface area contributed by atoms with Gasteiger partial charge in [0.1, 0.15) is 17.7 Å². The highest BCUT2D eigenvalue weighted by Gasteiger charge is 2.81. The molecule has 0 N–H and O–H groups in total. The van der Waals surface area contributed by atoms with Crippen LogP contribution in [0.25, 0.3) is 0 Å². The number of esters is 1. The molecule has 2 heterocycles. The van der Waals surface area contributed by atoms with Crippen molar-refractivity contribution in [2.75, 3.05) is 13.7 Å². The zero-order valence-electron chi connectivity index (χ0n) is 11.6. The number of methoxy groups -OCH3 is 1. The van der Waals surface area contributed by atoms with Crippen LogP contribution in [-0.4, -0.2) is 49.1 Å². The van der Waals surface area contributed by atoms with Gasteiger partial charge in [0, 0.05) is 11.8 Å².